The van der Waals surface area contributed by atoms with Gasteiger partial charge in [0.05, 0.1) is 0 Å². The van der Waals surface area contributed by atoms with E-state index in [0.29, 0.717) is 6.54 Å². The van der Waals surface area contributed by atoms with Crippen LogP contribution in [0.2, 0.25) is 0 Å². The number of nitrogens with zero attached hydrogens (tertiary/aromatic N) is 4. The van der Waals surface area contributed by atoms with E-state index in [1.165, 1.54) is 11.1 Å². The Morgan fingerprint density at radius 3 is 2.85 bits per heavy atom. The molecule has 0 bridgehead atoms. The standard InChI is InChI=1S/C20H23N5O/c1-13-6-7-16(11-14(13)2)22-20(26)25-10-8-15(12-25)18-23-17-5-4-9-21-19(17)24(18)3/h4-7,9,11,15H,8,10,12H2,1-3H3,(H,22,26)/t15-/m1/s1. The molecular weight excluding hydrogens is 326 g/mol. The first-order valence-corrected chi connectivity index (χ1v) is 8.93. The van der Waals surface area contributed by atoms with Gasteiger partial charge in [-0.05, 0) is 55.7 Å². The van der Waals surface area contributed by atoms with Gasteiger partial charge < -0.3 is 14.8 Å². The Morgan fingerprint density at radius 1 is 1.23 bits per heavy atom. The van der Waals surface area contributed by atoms with Crippen LogP contribution in [0.25, 0.3) is 11.2 Å². The number of hydrogen-bond donors (Lipinski definition) is 1. The fraction of sp³-hybridized carbons (Fsp3) is 0.350. The number of carbonyl (C=O) groups is 1. The summed E-state index contributed by atoms with van der Waals surface area (Å²) in [6.07, 6.45) is 2.70. The number of likely N-dealkylation sites (tertiary alicyclic amines) is 1. The van der Waals surface area contributed by atoms with Gasteiger partial charge in [0.1, 0.15) is 11.3 Å². The van der Waals surface area contributed by atoms with Gasteiger partial charge in [0, 0.05) is 37.9 Å². The van der Waals surface area contributed by atoms with E-state index < -0.39 is 0 Å². The van der Waals surface area contributed by atoms with E-state index in [-0.39, 0.29) is 11.9 Å². The highest BCUT2D eigenvalue weighted by Crippen LogP contribution is 2.28. The maximum Gasteiger partial charge on any atom is 0.321 e. The summed E-state index contributed by atoms with van der Waals surface area (Å²) in [5.74, 6) is 1.24. The lowest BCUT2D eigenvalue weighted by Gasteiger charge is -2.18. The predicted molar refractivity (Wildman–Crippen MR) is 102 cm³/mol. The summed E-state index contributed by atoms with van der Waals surface area (Å²) < 4.78 is 2.05. The number of amides is 2. The molecule has 1 aromatic carbocycles. The van der Waals surface area contributed by atoms with Crippen LogP contribution in [0, 0.1) is 13.8 Å². The second-order valence-electron chi connectivity index (χ2n) is 7.04. The molecular formula is C20H23N5O. The average molecular weight is 349 g/mol. The molecule has 1 aliphatic heterocycles. The smallest absolute Gasteiger partial charge is 0.321 e. The minimum absolute atomic E-state index is 0.0485. The summed E-state index contributed by atoms with van der Waals surface area (Å²) in [5.41, 5.74) is 5.03. The van der Waals surface area contributed by atoms with E-state index in [2.05, 4.69) is 24.1 Å². The molecule has 2 aromatic heterocycles. The molecule has 0 radical (unpaired) electrons. The van der Waals surface area contributed by atoms with E-state index in [4.69, 9.17) is 4.98 Å². The van der Waals surface area contributed by atoms with Crippen LogP contribution in [-0.2, 0) is 7.05 Å². The molecule has 3 aromatic rings. The Kier molecular flexibility index (Phi) is 4.11. The van der Waals surface area contributed by atoms with Crippen LogP contribution < -0.4 is 5.32 Å². The number of aromatic nitrogens is 3. The molecule has 1 saturated heterocycles. The number of benzene rings is 1. The molecule has 0 spiro atoms. The largest absolute Gasteiger partial charge is 0.324 e. The Labute approximate surface area is 152 Å². The molecule has 1 N–H and O–H groups in total. The highest BCUT2D eigenvalue weighted by atomic mass is 16.2. The first-order valence-electron chi connectivity index (χ1n) is 8.93. The number of aryl methyl sites for hydroxylation is 3. The van der Waals surface area contributed by atoms with Gasteiger partial charge in [-0.1, -0.05) is 6.07 Å². The summed E-state index contributed by atoms with van der Waals surface area (Å²) in [4.78, 5) is 23.6. The van der Waals surface area contributed by atoms with Crippen molar-refractivity contribution in [3.8, 4) is 0 Å². The van der Waals surface area contributed by atoms with Crippen molar-refractivity contribution < 1.29 is 4.79 Å². The molecule has 1 aliphatic rings. The second kappa shape index (κ2) is 6.44. The van der Waals surface area contributed by atoms with Crippen molar-refractivity contribution in [1.29, 1.82) is 0 Å². The van der Waals surface area contributed by atoms with Crippen molar-refractivity contribution in [1.82, 2.24) is 19.4 Å². The zero-order chi connectivity index (χ0) is 18.3. The highest BCUT2D eigenvalue weighted by Gasteiger charge is 2.30. The van der Waals surface area contributed by atoms with E-state index >= 15 is 0 Å². The number of pyridine rings is 1. The number of fused-ring (bicyclic) bond motifs is 1. The summed E-state index contributed by atoms with van der Waals surface area (Å²) in [7, 11) is 2.00. The van der Waals surface area contributed by atoms with E-state index in [9.17, 15) is 4.79 Å². The van der Waals surface area contributed by atoms with E-state index in [1.807, 2.05) is 46.8 Å². The second-order valence-corrected chi connectivity index (χ2v) is 7.04. The van der Waals surface area contributed by atoms with Crippen LogP contribution >= 0.6 is 0 Å². The van der Waals surface area contributed by atoms with Crippen molar-refractivity contribution in [2.75, 3.05) is 18.4 Å². The van der Waals surface area contributed by atoms with Crippen molar-refractivity contribution in [2.24, 2.45) is 7.05 Å². The maximum atomic E-state index is 12.6. The lowest BCUT2D eigenvalue weighted by Crippen LogP contribution is -2.33. The van der Waals surface area contributed by atoms with Crippen LogP contribution in [0.1, 0.15) is 29.3 Å². The van der Waals surface area contributed by atoms with Crippen LogP contribution in [-0.4, -0.2) is 38.6 Å². The van der Waals surface area contributed by atoms with Gasteiger partial charge in [-0.2, -0.15) is 0 Å². The first kappa shape index (κ1) is 16.6. The SMILES string of the molecule is Cc1ccc(NC(=O)N2CC[C@@H](c3nc4cccnc4n3C)C2)cc1C. The molecule has 26 heavy (non-hydrogen) atoms. The molecule has 0 unspecified atom stereocenters. The third kappa shape index (κ3) is 2.92. The van der Waals surface area contributed by atoms with Gasteiger partial charge >= 0.3 is 6.03 Å². The number of hydrogen-bond acceptors (Lipinski definition) is 3. The van der Waals surface area contributed by atoms with Gasteiger partial charge in [-0.3, -0.25) is 0 Å². The van der Waals surface area contributed by atoms with Crippen molar-refractivity contribution in [3.63, 3.8) is 0 Å². The molecule has 1 fully saturated rings. The topological polar surface area (TPSA) is 63.1 Å². The number of urea groups is 1. The van der Waals surface area contributed by atoms with Gasteiger partial charge in [-0.15, -0.1) is 0 Å². The number of anilines is 1. The van der Waals surface area contributed by atoms with Crippen LogP contribution in [0.15, 0.2) is 36.5 Å². The van der Waals surface area contributed by atoms with Crippen LogP contribution in [0.3, 0.4) is 0 Å². The monoisotopic (exact) mass is 349 g/mol. The molecule has 134 valence electrons. The van der Waals surface area contributed by atoms with E-state index in [1.54, 1.807) is 6.20 Å². The molecule has 0 saturated carbocycles. The number of imidazole rings is 1. The number of carbonyl (C=O) groups excluding carboxylic acids is 1. The number of nitrogens with one attached hydrogen (secondary N) is 1. The molecule has 3 heterocycles. The normalized spacial score (nSPS) is 17.0. The minimum atomic E-state index is -0.0485. The summed E-state index contributed by atoms with van der Waals surface area (Å²) in [5, 5.41) is 3.01. The quantitative estimate of drug-likeness (QED) is 0.769. The minimum Gasteiger partial charge on any atom is -0.324 e. The Bertz CT molecular complexity index is 977. The third-order valence-electron chi connectivity index (χ3n) is 5.26. The highest BCUT2D eigenvalue weighted by molar-refractivity contribution is 5.89. The van der Waals surface area contributed by atoms with Crippen molar-refractivity contribution in [3.05, 3.63) is 53.5 Å². The summed E-state index contributed by atoms with van der Waals surface area (Å²) >= 11 is 0. The summed E-state index contributed by atoms with van der Waals surface area (Å²) in [6, 6.07) is 9.82. The molecule has 2 amide bonds. The lowest BCUT2D eigenvalue weighted by atomic mass is 10.1. The number of rotatable bonds is 2. The molecule has 0 aliphatic carbocycles. The lowest BCUT2D eigenvalue weighted by molar-refractivity contribution is 0.222. The van der Waals surface area contributed by atoms with Gasteiger partial charge in [0.25, 0.3) is 0 Å². The molecule has 4 rings (SSSR count). The molecule has 6 heteroatoms. The van der Waals surface area contributed by atoms with E-state index in [0.717, 1.165) is 35.6 Å². The first-order chi connectivity index (χ1) is 12.5. The summed E-state index contributed by atoms with van der Waals surface area (Å²) in [6.45, 7) is 5.53. The Balaban J connectivity index is 1.48. The predicted octanol–water partition coefficient (Wildman–Crippen LogP) is 3.61. The maximum absolute atomic E-state index is 12.6. The fourth-order valence-electron chi connectivity index (χ4n) is 3.58. The Hall–Kier alpha value is -2.89. The van der Waals surface area contributed by atoms with Gasteiger partial charge in [-0.25, -0.2) is 14.8 Å². The fourth-order valence-corrected chi connectivity index (χ4v) is 3.58. The van der Waals surface area contributed by atoms with Crippen molar-refractivity contribution in [2.45, 2.75) is 26.2 Å². The molecule has 1 atom stereocenters. The van der Waals surface area contributed by atoms with Gasteiger partial charge in [0.15, 0.2) is 5.65 Å². The van der Waals surface area contributed by atoms with Crippen molar-refractivity contribution >= 4 is 22.9 Å². The Morgan fingerprint density at radius 2 is 2.08 bits per heavy atom. The zero-order valence-electron chi connectivity index (χ0n) is 15.4. The average Bonchev–Trinajstić information content (AvgIpc) is 3.24. The van der Waals surface area contributed by atoms with Crippen LogP contribution in [0.5, 0.6) is 0 Å². The molecule has 6 nitrogen and oxygen atoms in total. The third-order valence-corrected chi connectivity index (χ3v) is 5.26. The van der Waals surface area contributed by atoms with Crippen LogP contribution in [0.4, 0.5) is 10.5 Å². The van der Waals surface area contributed by atoms with Gasteiger partial charge in [0.2, 0.25) is 0 Å². The zero-order valence-corrected chi connectivity index (χ0v) is 15.4.